The van der Waals surface area contributed by atoms with Crippen LogP contribution in [-0.2, 0) is 0 Å². The third-order valence-electron chi connectivity index (χ3n) is 26.1. The van der Waals surface area contributed by atoms with Crippen LogP contribution in [0.15, 0.2) is 426 Å². The molecule has 0 amide bonds. The smallest absolute Gasteiger partial charge is 0.164 e. The minimum atomic E-state index is 0.603. The maximum absolute atomic E-state index is 6.13. The summed E-state index contributed by atoms with van der Waals surface area (Å²) in [6.45, 7) is 0. The molecule has 0 aliphatic rings. The molecule has 0 aliphatic heterocycles. The van der Waals surface area contributed by atoms with Crippen LogP contribution in [0.1, 0.15) is 0 Å². The average molecular weight is 1670 g/mol. The largest absolute Gasteiger partial charge is 0.456 e. The lowest BCUT2D eigenvalue weighted by Crippen LogP contribution is -2.00. The molecule has 9 aromatic heterocycles. The second kappa shape index (κ2) is 29.3. The molecule has 0 spiro atoms. The Labute approximate surface area is 746 Å². The van der Waals surface area contributed by atoms with Gasteiger partial charge < -0.3 is 13.3 Å². The van der Waals surface area contributed by atoms with Gasteiger partial charge in [-0.25, -0.2) is 39.9 Å². The van der Waals surface area contributed by atoms with E-state index in [2.05, 4.69) is 337 Å². The normalized spacial score (nSPS) is 12.0. The predicted molar refractivity (Wildman–Crippen MR) is 533 cm³/mol. The SMILES string of the molecule is c1ccc(-c2nc(-c3ccc(-c4ccc5c(c4)c4ccccc4c4nc6cc(-c7ccc8oc9ccccc9c8c7)ccn6c54)cc3)nc(-c3ccc4oc5ccccc5c4c3)n2)cc1.c1ccc2cc(-c3nc(-c4ccc(-c5ccc6c(c5)c5ccccc5c5nc7cc(-c8ccc9oc%10ccccc%10c9c8)ccn7c65)cc4)nc(-c4ccc5ccccc5c4)n3)ccc2c1. The van der Waals surface area contributed by atoms with Crippen molar-refractivity contribution in [3.63, 3.8) is 0 Å². The Balaban J connectivity index is 0.000000134. The molecule has 0 fully saturated rings. The Bertz CT molecular complexity index is 9550. The van der Waals surface area contributed by atoms with E-state index in [9.17, 15) is 0 Å². The van der Waals surface area contributed by atoms with Gasteiger partial charge in [0.25, 0.3) is 0 Å². The van der Waals surface area contributed by atoms with Crippen molar-refractivity contribution in [2.45, 2.75) is 0 Å². The molecule has 9 heterocycles. The van der Waals surface area contributed by atoms with Gasteiger partial charge in [-0.3, -0.25) is 8.80 Å². The Morgan fingerprint density at radius 2 is 0.427 bits per heavy atom. The molecule has 28 rings (SSSR count). The monoisotopic (exact) mass is 1670 g/mol. The van der Waals surface area contributed by atoms with Crippen molar-refractivity contribution in [2.75, 3.05) is 0 Å². The number of hydrogen-bond donors (Lipinski definition) is 0. The van der Waals surface area contributed by atoms with Crippen molar-refractivity contribution in [3.8, 4) is 113 Å². The molecule has 0 atom stereocenters. The molecule has 0 unspecified atom stereocenters. The Kier molecular flexibility index (Phi) is 16.4. The van der Waals surface area contributed by atoms with Crippen molar-refractivity contribution in [2.24, 2.45) is 0 Å². The summed E-state index contributed by atoms with van der Waals surface area (Å²) in [6.07, 6.45) is 4.32. The first kappa shape index (κ1) is 73.4. The van der Waals surface area contributed by atoms with Gasteiger partial charge in [0.1, 0.15) is 44.8 Å². The third-order valence-corrected chi connectivity index (χ3v) is 26.1. The number of aromatic nitrogens is 10. The summed E-state index contributed by atoms with van der Waals surface area (Å²) in [5.41, 5.74) is 25.7. The number of furan rings is 3. The first-order valence-electron chi connectivity index (χ1n) is 43.9. The van der Waals surface area contributed by atoms with Gasteiger partial charge in [-0.05, 0) is 197 Å². The number of benzene rings is 19. The zero-order valence-corrected chi connectivity index (χ0v) is 70.0. The molecule has 28 aromatic rings. The van der Waals surface area contributed by atoms with Gasteiger partial charge in [-0.15, -0.1) is 0 Å². The van der Waals surface area contributed by atoms with Crippen LogP contribution in [0.25, 0.3) is 277 Å². The summed E-state index contributed by atoms with van der Waals surface area (Å²) in [6, 6.07) is 140. The summed E-state index contributed by atoms with van der Waals surface area (Å²) in [5.74, 6) is 3.73. The van der Waals surface area contributed by atoms with Crippen LogP contribution in [0.5, 0.6) is 0 Å². The molecular formula is C118H68N10O3. The van der Waals surface area contributed by atoms with E-state index >= 15 is 0 Å². The van der Waals surface area contributed by atoms with Gasteiger partial charge in [0.15, 0.2) is 34.9 Å². The molecular weight excluding hydrogens is 1610 g/mol. The van der Waals surface area contributed by atoms with E-state index in [4.69, 9.17) is 53.1 Å². The van der Waals surface area contributed by atoms with Crippen molar-refractivity contribution < 1.29 is 13.3 Å². The maximum atomic E-state index is 6.13. The van der Waals surface area contributed by atoms with E-state index in [-0.39, 0.29) is 0 Å². The molecule has 608 valence electrons. The first-order valence-corrected chi connectivity index (χ1v) is 43.9. The molecule has 0 saturated heterocycles. The fourth-order valence-electron chi connectivity index (χ4n) is 19.6. The van der Waals surface area contributed by atoms with Crippen LogP contribution < -0.4 is 0 Å². The quantitative estimate of drug-likeness (QED) is 0.120. The Hall–Kier alpha value is -17.9. The number of nitrogens with zero attached hydrogens (tertiary/aromatic N) is 10. The van der Waals surface area contributed by atoms with Crippen molar-refractivity contribution >= 4 is 164 Å². The molecule has 0 saturated carbocycles. The maximum Gasteiger partial charge on any atom is 0.164 e. The zero-order chi connectivity index (χ0) is 85.9. The van der Waals surface area contributed by atoms with E-state index in [1.54, 1.807) is 0 Å². The van der Waals surface area contributed by atoms with Crippen LogP contribution >= 0.6 is 0 Å². The van der Waals surface area contributed by atoms with E-state index in [1.165, 1.54) is 32.3 Å². The van der Waals surface area contributed by atoms with E-state index in [0.29, 0.717) is 34.9 Å². The summed E-state index contributed by atoms with van der Waals surface area (Å²) >= 11 is 0. The minimum absolute atomic E-state index is 0.603. The summed E-state index contributed by atoms with van der Waals surface area (Å²) < 4.78 is 22.8. The Morgan fingerprint density at radius 1 is 0.153 bits per heavy atom. The molecule has 13 nitrogen and oxygen atoms in total. The highest BCUT2D eigenvalue weighted by Gasteiger charge is 2.23. The molecule has 0 N–H and O–H groups in total. The predicted octanol–water partition coefficient (Wildman–Crippen LogP) is 30.6. The average Bonchev–Trinajstić information content (AvgIpc) is 1.54. The topological polar surface area (TPSA) is 151 Å². The lowest BCUT2D eigenvalue weighted by atomic mass is 9.95. The van der Waals surface area contributed by atoms with E-state index in [1.807, 2.05) is 84.9 Å². The summed E-state index contributed by atoms with van der Waals surface area (Å²) in [5, 5.41) is 20.4. The number of imidazole rings is 2. The van der Waals surface area contributed by atoms with Gasteiger partial charge in [-0.2, -0.15) is 0 Å². The van der Waals surface area contributed by atoms with Gasteiger partial charge in [-0.1, -0.05) is 291 Å². The van der Waals surface area contributed by atoms with Crippen LogP contribution in [-0.4, -0.2) is 48.7 Å². The molecule has 0 aliphatic carbocycles. The number of fused-ring (bicyclic) bond motifs is 27. The Morgan fingerprint density at radius 3 is 0.847 bits per heavy atom. The zero-order valence-electron chi connectivity index (χ0n) is 70.0. The standard InChI is InChI=1S/C60H35N5O.C58H33N5O2/c1-3-11-40-31-45(23-19-36(40)9-1)59-62-58(63-60(64-59)46-24-20-37-10-2-4-12-41(37)32-46)39-21-17-38(18-22-39)42-25-27-50-51(33-42)47-13-5-6-15-49(47)56-57(50)65-30-29-44(35-55(65)61-56)43-26-28-54-52(34-43)48-14-7-8-16-53(48)66-54;1-2-10-35(11-3-1)56-60-57(62-58(61-56)40-24-27-52-48(32-40)43-14-7-9-17-50(43)65-52)36-20-18-34(19-21-36)37-22-25-45-46(30-37)41-12-4-5-15-44(41)54-55(45)63-29-28-39(33-53(63)59-54)38-23-26-51-47(31-38)42-13-6-8-16-49(42)64-51/h1-35H;1-33H. The lowest BCUT2D eigenvalue weighted by Gasteiger charge is -2.11. The highest BCUT2D eigenvalue weighted by atomic mass is 16.3. The summed E-state index contributed by atoms with van der Waals surface area (Å²) in [7, 11) is 0. The van der Waals surface area contributed by atoms with Crippen LogP contribution in [0, 0.1) is 0 Å². The number of rotatable bonds is 10. The van der Waals surface area contributed by atoms with E-state index in [0.717, 1.165) is 209 Å². The minimum Gasteiger partial charge on any atom is -0.456 e. The van der Waals surface area contributed by atoms with Crippen molar-refractivity contribution in [1.29, 1.82) is 0 Å². The highest BCUT2D eigenvalue weighted by Crippen LogP contribution is 2.45. The van der Waals surface area contributed by atoms with Crippen molar-refractivity contribution in [3.05, 3.63) is 413 Å². The van der Waals surface area contributed by atoms with Gasteiger partial charge >= 0.3 is 0 Å². The van der Waals surface area contributed by atoms with Crippen LogP contribution in [0.2, 0.25) is 0 Å². The molecule has 13 heteroatoms. The highest BCUT2D eigenvalue weighted by molar-refractivity contribution is 6.26. The summed E-state index contributed by atoms with van der Waals surface area (Å²) in [4.78, 5) is 41.0. The van der Waals surface area contributed by atoms with Crippen LogP contribution in [0.4, 0.5) is 0 Å². The van der Waals surface area contributed by atoms with Gasteiger partial charge in [0.05, 0.1) is 22.1 Å². The first-order chi connectivity index (χ1) is 64.8. The lowest BCUT2D eigenvalue weighted by molar-refractivity contribution is 0.668. The number of para-hydroxylation sites is 3. The fourth-order valence-corrected chi connectivity index (χ4v) is 19.6. The second-order valence-electron chi connectivity index (χ2n) is 33.7. The fraction of sp³-hybridized carbons (Fsp3) is 0. The number of hydrogen-bond acceptors (Lipinski definition) is 11. The van der Waals surface area contributed by atoms with Gasteiger partial charge in [0, 0.05) is 99.6 Å². The third kappa shape index (κ3) is 12.3. The second-order valence-corrected chi connectivity index (χ2v) is 33.7. The molecule has 0 radical (unpaired) electrons. The molecule has 131 heavy (non-hydrogen) atoms. The van der Waals surface area contributed by atoms with Crippen LogP contribution in [0.3, 0.4) is 0 Å². The number of pyridine rings is 2. The van der Waals surface area contributed by atoms with Gasteiger partial charge in [0.2, 0.25) is 0 Å². The van der Waals surface area contributed by atoms with E-state index < -0.39 is 0 Å². The molecule has 0 bridgehead atoms. The van der Waals surface area contributed by atoms with Crippen molar-refractivity contribution in [1.82, 2.24) is 48.7 Å². The molecule has 19 aromatic carbocycles.